The highest BCUT2D eigenvalue weighted by atomic mass is 35.5. The highest BCUT2D eigenvalue weighted by Gasteiger charge is 2.31. The molecule has 0 saturated carbocycles. The summed E-state index contributed by atoms with van der Waals surface area (Å²) in [5.41, 5.74) is 3.63. The number of pyridine rings is 1. The summed E-state index contributed by atoms with van der Waals surface area (Å²) < 4.78 is 26.9. The Hall–Kier alpha value is -3.14. The van der Waals surface area contributed by atoms with Crippen LogP contribution in [0, 0.1) is 0 Å². The number of piperazine rings is 1. The first-order valence-corrected chi connectivity index (χ1v) is 14.0. The van der Waals surface area contributed by atoms with E-state index >= 15 is 0 Å². The first-order valence-electron chi connectivity index (χ1n) is 11.8. The minimum atomic E-state index is -3.20. The molecule has 2 aromatic carbocycles. The van der Waals surface area contributed by atoms with Crippen LogP contribution < -0.4 is 15.8 Å². The molecule has 1 N–H and O–H groups in total. The second-order valence-corrected chi connectivity index (χ2v) is 11.6. The standard InChI is InChI=1S/C26H27ClN4O4S/c1-36(34,35)30-16-14-29(15-17-30)23-6-2-4-20-21(23)11-12-24(20)31-13-3-5-22(26(31)33)25(32)28-19-9-7-18(27)8-10-19/h2-10,13,24H,11-12,14-17H2,1H3,(H,28,32). The van der Waals surface area contributed by atoms with Crippen LogP contribution in [0.3, 0.4) is 0 Å². The topological polar surface area (TPSA) is 91.7 Å². The highest BCUT2D eigenvalue weighted by molar-refractivity contribution is 7.88. The third-order valence-electron chi connectivity index (χ3n) is 6.92. The van der Waals surface area contributed by atoms with Gasteiger partial charge in [-0.3, -0.25) is 9.59 Å². The molecule has 1 aromatic heterocycles. The number of fused-ring (bicyclic) bond motifs is 1. The molecule has 0 bridgehead atoms. The number of sulfonamides is 1. The molecule has 1 atom stereocenters. The molecular formula is C26H27ClN4O4S. The van der Waals surface area contributed by atoms with E-state index < -0.39 is 15.9 Å². The summed E-state index contributed by atoms with van der Waals surface area (Å²) in [6, 6.07) is 15.9. The van der Waals surface area contributed by atoms with Crippen LogP contribution in [0.5, 0.6) is 0 Å². The molecule has 3 aromatic rings. The maximum absolute atomic E-state index is 13.4. The number of hydrogen-bond acceptors (Lipinski definition) is 5. The van der Waals surface area contributed by atoms with Crippen molar-refractivity contribution in [2.45, 2.75) is 18.9 Å². The van der Waals surface area contributed by atoms with Crippen LogP contribution in [-0.2, 0) is 16.4 Å². The monoisotopic (exact) mass is 526 g/mol. The molecule has 1 aliphatic carbocycles. The number of nitrogens with one attached hydrogen (secondary N) is 1. The zero-order chi connectivity index (χ0) is 25.4. The predicted octanol–water partition coefficient (Wildman–Crippen LogP) is 3.37. The number of amides is 1. The van der Waals surface area contributed by atoms with Crippen molar-refractivity contribution in [1.29, 1.82) is 0 Å². The normalized spacial score (nSPS) is 18.2. The van der Waals surface area contributed by atoms with E-state index in [0.717, 1.165) is 24.1 Å². The SMILES string of the molecule is CS(=O)(=O)N1CCN(c2cccc3c2CCC3n2cccc(C(=O)Nc3ccc(Cl)cc3)c2=O)CC1. The van der Waals surface area contributed by atoms with Gasteiger partial charge in [-0.05, 0) is 66.4 Å². The van der Waals surface area contributed by atoms with E-state index in [1.165, 1.54) is 22.2 Å². The van der Waals surface area contributed by atoms with Crippen LogP contribution in [0.2, 0.25) is 5.02 Å². The molecule has 10 heteroatoms. The highest BCUT2D eigenvalue weighted by Crippen LogP contribution is 2.39. The molecule has 1 aliphatic heterocycles. The van der Waals surface area contributed by atoms with Crippen molar-refractivity contribution >= 4 is 38.9 Å². The molecule has 2 heterocycles. The minimum Gasteiger partial charge on any atom is -0.369 e. The smallest absolute Gasteiger partial charge is 0.263 e. The van der Waals surface area contributed by atoms with Gasteiger partial charge in [0.25, 0.3) is 11.5 Å². The molecule has 0 spiro atoms. The summed E-state index contributed by atoms with van der Waals surface area (Å²) in [6.07, 6.45) is 4.53. The van der Waals surface area contributed by atoms with Crippen molar-refractivity contribution in [3.63, 3.8) is 0 Å². The molecule has 0 radical (unpaired) electrons. The molecule has 1 fully saturated rings. The summed E-state index contributed by atoms with van der Waals surface area (Å²) in [4.78, 5) is 28.5. The van der Waals surface area contributed by atoms with Crippen molar-refractivity contribution in [1.82, 2.24) is 8.87 Å². The van der Waals surface area contributed by atoms with E-state index in [1.807, 2.05) is 12.1 Å². The Morgan fingerprint density at radius 1 is 1.00 bits per heavy atom. The average molecular weight is 527 g/mol. The number of hydrogen-bond donors (Lipinski definition) is 1. The van der Waals surface area contributed by atoms with Crippen LogP contribution in [0.25, 0.3) is 0 Å². The van der Waals surface area contributed by atoms with E-state index in [1.54, 1.807) is 41.1 Å². The lowest BCUT2D eigenvalue weighted by atomic mass is 10.0. The number of rotatable bonds is 5. The molecule has 1 saturated heterocycles. The van der Waals surface area contributed by atoms with Crippen molar-refractivity contribution < 1.29 is 13.2 Å². The summed E-state index contributed by atoms with van der Waals surface area (Å²) in [6.45, 7) is 2.15. The van der Waals surface area contributed by atoms with Gasteiger partial charge in [-0.15, -0.1) is 0 Å². The van der Waals surface area contributed by atoms with Crippen LogP contribution in [0.15, 0.2) is 65.6 Å². The van der Waals surface area contributed by atoms with Gasteiger partial charge in [0.1, 0.15) is 5.56 Å². The Kier molecular flexibility index (Phi) is 6.63. The maximum atomic E-state index is 13.4. The lowest BCUT2D eigenvalue weighted by molar-refractivity contribution is 0.102. The molecule has 8 nitrogen and oxygen atoms in total. The number of carbonyl (C=O) groups excluding carboxylic acids is 1. The Bertz CT molecular complexity index is 1460. The van der Waals surface area contributed by atoms with Crippen LogP contribution in [0.4, 0.5) is 11.4 Å². The molecule has 1 unspecified atom stereocenters. The van der Waals surface area contributed by atoms with Crippen LogP contribution in [0.1, 0.15) is 33.9 Å². The Labute approximate surface area is 215 Å². The Morgan fingerprint density at radius 2 is 1.72 bits per heavy atom. The fourth-order valence-electron chi connectivity index (χ4n) is 5.12. The number of anilines is 2. The van der Waals surface area contributed by atoms with Crippen molar-refractivity contribution in [2.24, 2.45) is 0 Å². The van der Waals surface area contributed by atoms with Gasteiger partial charge in [-0.25, -0.2) is 8.42 Å². The number of nitrogens with zero attached hydrogens (tertiary/aromatic N) is 3. The van der Waals surface area contributed by atoms with Gasteiger partial charge in [0.05, 0.1) is 12.3 Å². The summed E-state index contributed by atoms with van der Waals surface area (Å²) in [7, 11) is -3.20. The lowest BCUT2D eigenvalue weighted by Gasteiger charge is -2.35. The Balaban J connectivity index is 1.39. The number of carbonyl (C=O) groups is 1. The van der Waals surface area contributed by atoms with E-state index in [2.05, 4.69) is 16.3 Å². The second kappa shape index (κ2) is 9.72. The fraction of sp³-hybridized carbons (Fsp3) is 0.308. The second-order valence-electron chi connectivity index (χ2n) is 9.14. The van der Waals surface area contributed by atoms with Crippen LogP contribution in [-0.4, -0.2) is 55.6 Å². The maximum Gasteiger partial charge on any atom is 0.263 e. The number of halogens is 1. The van der Waals surface area contributed by atoms with Crippen molar-refractivity contribution in [3.8, 4) is 0 Å². The number of benzene rings is 2. The van der Waals surface area contributed by atoms with E-state index in [0.29, 0.717) is 36.9 Å². The largest absolute Gasteiger partial charge is 0.369 e. The third-order valence-corrected chi connectivity index (χ3v) is 8.47. The summed E-state index contributed by atoms with van der Waals surface area (Å²) in [5, 5.41) is 3.33. The van der Waals surface area contributed by atoms with E-state index in [9.17, 15) is 18.0 Å². The summed E-state index contributed by atoms with van der Waals surface area (Å²) >= 11 is 5.91. The van der Waals surface area contributed by atoms with Gasteiger partial charge in [0.15, 0.2) is 0 Å². The van der Waals surface area contributed by atoms with Gasteiger partial charge >= 0.3 is 0 Å². The molecule has 36 heavy (non-hydrogen) atoms. The summed E-state index contributed by atoms with van der Waals surface area (Å²) in [5.74, 6) is -0.465. The quantitative estimate of drug-likeness (QED) is 0.550. The molecule has 188 valence electrons. The average Bonchev–Trinajstić information content (AvgIpc) is 3.29. The van der Waals surface area contributed by atoms with Gasteiger partial charge in [-0.2, -0.15) is 4.31 Å². The van der Waals surface area contributed by atoms with Gasteiger partial charge in [0, 0.05) is 48.8 Å². The molecule has 1 amide bonds. The third kappa shape index (κ3) is 4.78. The van der Waals surface area contributed by atoms with E-state index in [-0.39, 0.29) is 17.2 Å². The van der Waals surface area contributed by atoms with Crippen LogP contribution >= 0.6 is 11.6 Å². The molecule has 5 rings (SSSR count). The van der Waals surface area contributed by atoms with Gasteiger partial charge in [-0.1, -0.05) is 23.7 Å². The van der Waals surface area contributed by atoms with E-state index in [4.69, 9.17) is 11.6 Å². The van der Waals surface area contributed by atoms with Crippen molar-refractivity contribution in [2.75, 3.05) is 42.7 Å². The zero-order valence-electron chi connectivity index (χ0n) is 19.9. The molecule has 2 aliphatic rings. The first kappa shape index (κ1) is 24.5. The number of aromatic nitrogens is 1. The zero-order valence-corrected chi connectivity index (χ0v) is 21.4. The minimum absolute atomic E-state index is 0.0777. The lowest BCUT2D eigenvalue weighted by Crippen LogP contribution is -2.48. The Morgan fingerprint density at radius 3 is 2.42 bits per heavy atom. The first-order chi connectivity index (χ1) is 17.2. The van der Waals surface area contributed by atoms with Gasteiger partial charge in [0.2, 0.25) is 10.0 Å². The fourth-order valence-corrected chi connectivity index (χ4v) is 6.07. The van der Waals surface area contributed by atoms with Crippen molar-refractivity contribution in [3.05, 3.63) is 92.9 Å². The molecular weight excluding hydrogens is 500 g/mol. The van der Waals surface area contributed by atoms with Gasteiger partial charge < -0.3 is 14.8 Å². The predicted molar refractivity (Wildman–Crippen MR) is 142 cm³/mol.